The minimum absolute atomic E-state index is 0.657. The van der Waals surface area contributed by atoms with Crippen LogP contribution in [0.3, 0.4) is 0 Å². The van der Waals surface area contributed by atoms with Gasteiger partial charge in [0.2, 0.25) is 0 Å². The van der Waals surface area contributed by atoms with E-state index in [1.807, 2.05) is 12.4 Å². The van der Waals surface area contributed by atoms with Gasteiger partial charge in [-0.3, -0.25) is 4.98 Å². The maximum Gasteiger partial charge on any atom is 0.0376 e. The van der Waals surface area contributed by atoms with E-state index < -0.39 is 0 Å². The van der Waals surface area contributed by atoms with Crippen LogP contribution >= 0.6 is 0 Å². The van der Waals surface area contributed by atoms with Crippen LogP contribution in [0.5, 0.6) is 0 Å². The number of rotatable bonds is 6. The highest BCUT2D eigenvalue weighted by Gasteiger charge is 2.21. The van der Waals surface area contributed by atoms with Crippen LogP contribution in [0.1, 0.15) is 23.5 Å². The van der Waals surface area contributed by atoms with Crippen LogP contribution in [-0.2, 0) is 6.42 Å². The summed E-state index contributed by atoms with van der Waals surface area (Å²) in [7, 11) is 2.22. The zero-order chi connectivity index (χ0) is 14.5. The Kier molecular flexibility index (Phi) is 4.51. The first-order valence-corrected chi connectivity index (χ1v) is 7.73. The van der Waals surface area contributed by atoms with Crippen molar-refractivity contribution in [1.29, 1.82) is 0 Å². The van der Waals surface area contributed by atoms with Crippen LogP contribution in [0.4, 0.5) is 5.69 Å². The van der Waals surface area contributed by atoms with Crippen molar-refractivity contribution in [3.8, 4) is 0 Å². The zero-order valence-corrected chi connectivity index (χ0v) is 12.6. The van der Waals surface area contributed by atoms with Crippen molar-refractivity contribution >= 4 is 5.69 Å². The van der Waals surface area contributed by atoms with Crippen molar-refractivity contribution in [2.45, 2.75) is 18.8 Å². The maximum absolute atomic E-state index is 4.06. The lowest BCUT2D eigenvalue weighted by molar-refractivity contribution is 0.324. The number of aromatic nitrogens is 1. The van der Waals surface area contributed by atoms with E-state index in [4.69, 9.17) is 0 Å². The second-order valence-electron chi connectivity index (χ2n) is 5.86. The molecule has 0 radical (unpaired) electrons. The summed E-state index contributed by atoms with van der Waals surface area (Å²) < 4.78 is 0. The van der Waals surface area contributed by atoms with Gasteiger partial charge in [-0.05, 0) is 55.8 Å². The van der Waals surface area contributed by atoms with Crippen molar-refractivity contribution in [3.05, 3.63) is 59.9 Å². The molecule has 110 valence electrons. The predicted molar refractivity (Wildman–Crippen MR) is 87.7 cm³/mol. The molecule has 0 saturated heterocycles. The van der Waals surface area contributed by atoms with Crippen LogP contribution in [0, 0.1) is 0 Å². The molecule has 1 N–H and O–H groups in total. The summed E-state index contributed by atoms with van der Waals surface area (Å²) >= 11 is 0. The molecule has 2 aromatic rings. The fourth-order valence-corrected chi connectivity index (χ4v) is 2.97. The zero-order valence-electron chi connectivity index (χ0n) is 12.6. The topological polar surface area (TPSA) is 28.2 Å². The number of fused-ring (bicyclic) bond motifs is 1. The Morgan fingerprint density at radius 1 is 1.14 bits per heavy atom. The molecule has 0 fully saturated rings. The van der Waals surface area contributed by atoms with Gasteiger partial charge < -0.3 is 10.2 Å². The monoisotopic (exact) mass is 281 g/mol. The molecule has 1 unspecified atom stereocenters. The van der Waals surface area contributed by atoms with Crippen LogP contribution in [0.25, 0.3) is 0 Å². The van der Waals surface area contributed by atoms with E-state index in [1.165, 1.54) is 23.2 Å². The minimum atomic E-state index is 0.657. The van der Waals surface area contributed by atoms with Gasteiger partial charge >= 0.3 is 0 Å². The van der Waals surface area contributed by atoms with Gasteiger partial charge in [0.15, 0.2) is 0 Å². The number of benzene rings is 1. The number of hydrogen-bond acceptors (Lipinski definition) is 3. The molecule has 1 aromatic carbocycles. The Bertz CT molecular complexity index is 568. The molecule has 1 aliphatic rings. The van der Waals surface area contributed by atoms with Crippen LogP contribution in [-0.4, -0.2) is 36.6 Å². The summed E-state index contributed by atoms with van der Waals surface area (Å²) in [5.74, 6) is 0.657. The van der Waals surface area contributed by atoms with Gasteiger partial charge in [-0.25, -0.2) is 0 Å². The summed E-state index contributed by atoms with van der Waals surface area (Å²) in [4.78, 5) is 6.49. The molecule has 3 rings (SSSR count). The van der Waals surface area contributed by atoms with E-state index in [-0.39, 0.29) is 0 Å². The third kappa shape index (κ3) is 3.61. The summed E-state index contributed by atoms with van der Waals surface area (Å²) in [5, 5.41) is 3.51. The predicted octanol–water partition coefficient (Wildman–Crippen LogP) is 3.16. The smallest absolute Gasteiger partial charge is 0.0376 e. The average molecular weight is 281 g/mol. The summed E-state index contributed by atoms with van der Waals surface area (Å²) in [6, 6.07) is 12.9. The largest absolute Gasteiger partial charge is 0.384 e. The lowest BCUT2D eigenvalue weighted by Crippen LogP contribution is -2.24. The summed E-state index contributed by atoms with van der Waals surface area (Å²) in [5.41, 5.74) is 4.17. The summed E-state index contributed by atoms with van der Waals surface area (Å²) in [6.45, 7) is 3.33. The molecule has 1 aliphatic heterocycles. The molecule has 0 bridgehead atoms. The summed E-state index contributed by atoms with van der Waals surface area (Å²) in [6.07, 6.45) is 6.06. The highest BCUT2D eigenvalue weighted by atomic mass is 15.1. The van der Waals surface area contributed by atoms with Gasteiger partial charge in [-0.1, -0.05) is 18.2 Å². The third-order valence-electron chi connectivity index (χ3n) is 4.33. The highest BCUT2D eigenvalue weighted by Crippen LogP contribution is 2.33. The van der Waals surface area contributed by atoms with Crippen molar-refractivity contribution in [2.24, 2.45) is 0 Å². The minimum Gasteiger partial charge on any atom is -0.384 e. The average Bonchev–Trinajstić information content (AvgIpc) is 2.95. The standard InChI is InChI=1S/C18H23N3/c1-21(12-8-15-6-10-19-11-7-15)13-9-16-14-20-18-5-3-2-4-17(16)18/h2-7,10-11,16,20H,8-9,12-14H2,1H3. The molecule has 2 heterocycles. The Morgan fingerprint density at radius 3 is 2.81 bits per heavy atom. The van der Waals surface area contributed by atoms with Crippen LogP contribution < -0.4 is 5.32 Å². The van der Waals surface area contributed by atoms with Crippen molar-refractivity contribution in [3.63, 3.8) is 0 Å². The third-order valence-corrected chi connectivity index (χ3v) is 4.33. The molecule has 1 aromatic heterocycles. The molecule has 0 amide bonds. The lowest BCUT2D eigenvalue weighted by atomic mass is 9.98. The number of hydrogen-bond donors (Lipinski definition) is 1. The Balaban J connectivity index is 1.45. The molecule has 0 spiro atoms. The molecular formula is C18H23N3. The number of para-hydroxylation sites is 1. The van der Waals surface area contributed by atoms with E-state index in [0.717, 1.165) is 26.1 Å². The van der Waals surface area contributed by atoms with Gasteiger partial charge in [0.05, 0.1) is 0 Å². The first-order valence-electron chi connectivity index (χ1n) is 7.73. The van der Waals surface area contributed by atoms with E-state index in [2.05, 4.69) is 58.6 Å². The van der Waals surface area contributed by atoms with Crippen molar-refractivity contribution in [1.82, 2.24) is 9.88 Å². The van der Waals surface area contributed by atoms with E-state index >= 15 is 0 Å². The van der Waals surface area contributed by atoms with Crippen molar-refractivity contribution in [2.75, 3.05) is 32.0 Å². The van der Waals surface area contributed by atoms with E-state index in [0.29, 0.717) is 5.92 Å². The molecule has 1 atom stereocenters. The van der Waals surface area contributed by atoms with Crippen LogP contribution in [0.15, 0.2) is 48.8 Å². The second-order valence-corrected chi connectivity index (χ2v) is 5.86. The van der Waals surface area contributed by atoms with Gasteiger partial charge in [0, 0.05) is 37.1 Å². The van der Waals surface area contributed by atoms with E-state index in [9.17, 15) is 0 Å². The fraction of sp³-hybridized carbons (Fsp3) is 0.389. The Hall–Kier alpha value is -1.87. The first kappa shape index (κ1) is 14.1. The number of anilines is 1. The van der Waals surface area contributed by atoms with E-state index in [1.54, 1.807) is 0 Å². The lowest BCUT2D eigenvalue weighted by Gasteiger charge is -2.19. The molecule has 0 saturated carbocycles. The number of likely N-dealkylation sites (N-methyl/N-ethyl adjacent to an activating group) is 1. The normalized spacial score (nSPS) is 16.8. The maximum atomic E-state index is 4.06. The van der Waals surface area contributed by atoms with Gasteiger partial charge in [-0.2, -0.15) is 0 Å². The second kappa shape index (κ2) is 6.72. The molecule has 3 nitrogen and oxygen atoms in total. The Morgan fingerprint density at radius 2 is 1.95 bits per heavy atom. The Labute approximate surface area is 127 Å². The quantitative estimate of drug-likeness (QED) is 0.881. The SMILES string of the molecule is CN(CCc1ccncc1)CCC1CNc2ccccc21. The highest BCUT2D eigenvalue weighted by molar-refractivity contribution is 5.57. The molecular weight excluding hydrogens is 258 g/mol. The van der Waals surface area contributed by atoms with Gasteiger partial charge in [0.1, 0.15) is 0 Å². The molecule has 0 aliphatic carbocycles. The number of nitrogens with one attached hydrogen (secondary N) is 1. The van der Waals surface area contributed by atoms with Gasteiger partial charge in [0.25, 0.3) is 0 Å². The molecule has 3 heteroatoms. The number of pyridine rings is 1. The molecule has 21 heavy (non-hydrogen) atoms. The fourth-order valence-electron chi connectivity index (χ4n) is 2.97. The first-order chi connectivity index (χ1) is 10.3. The van der Waals surface area contributed by atoms with Crippen LogP contribution in [0.2, 0.25) is 0 Å². The van der Waals surface area contributed by atoms with Gasteiger partial charge in [-0.15, -0.1) is 0 Å². The van der Waals surface area contributed by atoms with Crippen molar-refractivity contribution < 1.29 is 0 Å². The number of nitrogens with zero attached hydrogens (tertiary/aromatic N) is 2.